The maximum Gasteiger partial charge on any atom is 0.245 e. The molecule has 2 aliphatic heterocycles. The average molecular weight is 665 g/mol. The van der Waals surface area contributed by atoms with Crippen LogP contribution in [0, 0.1) is 28.5 Å². The summed E-state index contributed by atoms with van der Waals surface area (Å²) in [7, 11) is 2.07. The Labute approximate surface area is 282 Å². The van der Waals surface area contributed by atoms with Gasteiger partial charge in [-0.05, 0) is 69.3 Å². The van der Waals surface area contributed by atoms with Crippen LogP contribution in [-0.4, -0.2) is 74.0 Å². The predicted octanol–water partition coefficient (Wildman–Crippen LogP) is 6.79. The van der Waals surface area contributed by atoms with Crippen LogP contribution in [0.4, 0.5) is 4.39 Å². The Hall–Kier alpha value is -4.84. The summed E-state index contributed by atoms with van der Waals surface area (Å²) in [6.07, 6.45) is 3.00. The highest BCUT2D eigenvalue weighted by Crippen LogP contribution is 2.43. The topological polar surface area (TPSA) is 124 Å². The number of likely N-dealkylation sites (tertiary alicyclic amines) is 2. The normalized spacial score (nSPS) is 20.6. The third-order valence-electron chi connectivity index (χ3n) is 10.0. The van der Waals surface area contributed by atoms with E-state index in [2.05, 4.69) is 34.4 Å². The van der Waals surface area contributed by atoms with E-state index < -0.39 is 5.82 Å². The van der Waals surface area contributed by atoms with Gasteiger partial charge in [0.15, 0.2) is 11.3 Å². The molecule has 0 N–H and O–H groups in total. The standard InChI is InChI=1S/C36H34ClFN8O2/c1-20(29-11-6-15-44(29)3)48-36-34-35(46(43-42-34)25-13-16-45(21(2)47)24(17-25)12-14-39)27-18-28(37)31(32(38)33(27)41-36)26-10-5-8-22-7-4-9-23(19-40)30(22)26/h4-5,7-10,18,20,24-25,29H,6,11-13,15-17H2,1-3H3/t20-,24+,25-,29-/m0/s1. The Kier molecular flexibility index (Phi) is 8.36. The third-order valence-corrected chi connectivity index (χ3v) is 10.3. The molecule has 4 heterocycles. The second-order valence-corrected chi connectivity index (χ2v) is 13.2. The lowest BCUT2D eigenvalue weighted by Gasteiger charge is -2.38. The molecule has 0 bridgehead atoms. The first-order valence-corrected chi connectivity index (χ1v) is 16.6. The van der Waals surface area contributed by atoms with Crippen molar-refractivity contribution in [2.24, 2.45) is 0 Å². The van der Waals surface area contributed by atoms with Crippen molar-refractivity contribution in [2.45, 2.75) is 70.2 Å². The van der Waals surface area contributed by atoms with Gasteiger partial charge in [0.05, 0.1) is 35.2 Å². The Morgan fingerprint density at radius 3 is 2.67 bits per heavy atom. The molecule has 3 aromatic carbocycles. The van der Waals surface area contributed by atoms with Crippen LogP contribution in [-0.2, 0) is 4.79 Å². The zero-order valence-corrected chi connectivity index (χ0v) is 27.7. The Balaban J connectivity index is 1.45. The minimum Gasteiger partial charge on any atom is -0.471 e. The molecule has 0 unspecified atom stereocenters. The van der Waals surface area contributed by atoms with Crippen LogP contribution < -0.4 is 4.74 Å². The zero-order chi connectivity index (χ0) is 33.7. The van der Waals surface area contributed by atoms with Gasteiger partial charge in [0.2, 0.25) is 11.8 Å². The van der Waals surface area contributed by atoms with Gasteiger partial charge < -0.3 is 9.64 Å². The maximum atomic E-state index is 17.1. The molecule has 2 aromatic heterocycles. The number of pyridine rings is 1. The molecule has 2 fully saturated rings. The van der Waals surface area contributed by atoms with Gasteiger partial charge in [-0.3, -0.25) is 9.69 Å². The Morgan fingerprint density at radius 1 is 1.17 bits per heavy atom. The van der Waals surface area contributed by atoms with Crippen molar-refractivity contribution in [2.75, 3.05) is 20.1 Å². The second kappa shape index (κ2) is 12.6. The molecule has 0 aliphatic carbocycles. The van der Waals surface area contributed by atoms with Gasteiger partial charge in [-0.2, -0.15) is 10.5 Å². The van der Waals surface area contributed by atoms with Crippen LogP contribution in [0.25, 0.3) is 43.8 Å². The first-order valence-electron chi connectivity index (χ1n) is 16.2. The summed E-state index contributed by atoms with van der Waals surface area (Å²) in [5.41, 5.74) is 2.01. The quantitative estimate of drug-likeness (QED) is 0.194. The fourth-order valence-corrected chi connectivity index (χ4v) is 8.01. The molecule has 244 valence electrons. The van der Waals surface area contributed by atoms with Crippen LogP contribution in [0.15, 0.2) is 42.5 Å². The highest BCUT2D eigenvalue weighted by Gasteiger charge is 2.35. The monoisotopic (exact) mass is 664 g/mol. The van der Waals surface area contributed by atoms with Crippen molar-refractivity contribution in [3.63, 3.8) is 0 Å². The number of benzene rings is 3. The van der Waals surface area contributed by atoms with Crippen molar-refractivity contribution in [1.82, 2.24) is 29.8 Å². The largest absolute Gasteiger partial charge is 0.471 e. The fourth-order valence-electron chi connectivity index (χ4n) is 7.72. The first kappa shape index (κ1) is 31.7. The number of likely N-dealkylation sites (N-methyl/N-ethyl adjacent to an activating group) is 1. The number of ether oxygens (including phenoxy) is 1. The van der Waals surface area contributed by atoms with Crippen LogP contribution >= 0.6 is 11.6 Å². The number of nitrogens with zero attached hydrogens (tertiary/aromatic N) is 8. The number of rotatable bonds is 6. The lowest BCUT2D eigenvalue weighted by Crippen LogP contribution is -2.45. The number of hydrogen-bond acceptors (Lipinski definition) is 8. The van der Waals surface area contributed by atoms with Gasteiger partial charge in [0.25, 0.3) is 0 Å². The molecule has 4 atom stereocenters. The minimum atomic E-state index is -0.642. The third kappa shape index (κ3) is 5.28. The molecule has 12 heteroatoms. The summed E-state index contributed by atoms with van der Waals surface area (Å²) in [6, 6.07) is 16.6. The van der Waals surface area contributed by atoms with E-state index in [1.807, 2.05) is 25.1 Å². The van der Waals surface area contributed by atoms with Crippen LogP contribution in [0.3, 0.4) is 0 Å². The summed E-state index contributed by atoms with van der Waals surface area (Å²) in [4.78, 5) is 21.1. The number of hydrogen-bond donors (Lipinski definition) is 0. The summed E-state index contributed by atoms with van der Waals surface area (Å²) >= 11 is 6.97. The molecule has 1 amide bonds. The molecule has 0 saturated carbocycles. The van der Waals surface area contributed by atoms with E-state index in [0.29, 0.717) is 52.3 Å². The number of aromatic nitrogens is 4. The molecular weight excluding hydrogens is 631 g/mol. The molecule has 2 saturated heterocycles. The van der Waals surface area contributed by atoms with Crippen LogP contribution in [0.2, 0.25) is 5.02 Å². The molecule has 0 radical (unpaired) electrons. The van der Waals surface area contributed by atoms with Crippen LogP contribution in [0.1, 0.15) is 57.6 Å². The Bertz CT molecular complexity index is 2170. The van der Waals surface area contributed by atoms with Crippen molar-refractivity contribution >= 4 is 50.2 Å². The van der Waals surface area contributed by atoms with Gasteiger partial charge in [-0.25, -0.2) is 14.1 Å². The SMILES string of the molecule is CC(=O)N1CC[C@H](n2nnc3c(O[C@@H](C)[C@@H]4CCCN4C)nc4c(F)c(-c5cccc6cccc(C#N)c56)c(Cl)cc4c32)C[C@H]1CC#N. The van der Waals surface area contributed by atoms with Gasteiger partial charge in [0.1, 0.15) is 17.1 Å². The van der Waals surface area contributed by atoms with Crippen molar-refractivity contribution < 1.29 is 13.9 Å². The van der Waals surface area contributed by atoms with E-state index in [0.717, 1.165) is 24.8 Å². The molecular formula is C36H34ClFN8O2. The van der Waals surface area contributed by atoms with Gasteiger partial charge in [-0.15, -0.1) is 5.10 Å². The highest BCUT2D eigenvalue weighted by atomic mass is 35.5. The Morgan fingerprint density at radius 2 is 1.96 bits per heavy atom. The van der Waals surface area contributed by atoms with Crippen LogP contribution in [0.5, 0.6) is 5.88 Å². The molecule has 0 spiro atoms. The number of amides is 1. The summed E-state index contributed by atoms with van der Waals surface area (Å²) < 4.78 is 25.4. The second-order valence-electron chi connectivity index (χ2n) is 12.8. The molecule has 2 aliphatic rings. The van der Waals surface area contributed by atoms with E-state index in [9.17, 15) is 15.3 Å². The highest BCUT2D eigenvalue weighted by molar-refractivity contribution is 6.35. The lowest BCUT2D eigenvalue weighted by atomic mass is 9.93. The van der Waals surface area contributed by atoms with E-state index >= 15 is 4.39 Å². The zero-order valence-electron chi connectivity index (χ0n) is 27.0. The summed E-state index contributed by atoms with van der Waals surface area (Å²) in [6.45, 7) is 4.91. The fraction of sp³-hybridized carbons (Fsp3) is 0.389. The number of carbonyl (C=O) groups is 1. The van der Waals surface area contributed by atoms with Gasteiger partial charge in [0, 0.05) is 41.9 Å². The van der Waals surface area contributed by atoms with E-state index in [1.54, 1.807) is 33.8 Å². The summed E-state index contributed by atoms with van der Waals surface area (Å²) in [5.74, 6) is -0.548. The summed E-state index contributed by atoms with van der Waals surface area (Å²) in [5, 5.41) is 30.5. The number of fused-ring (bicyclic) bond motifs is 4. The molecule has 7 rings (SSSR count). The molecule has 5 aromatic rings. The predicted molar refractivity (Wildman–Crippen MR) is 181 cm³/mol. The minimum absolute atomic E-state index is 0.0496. The smallest absolute Gasteiger partial charge is 0.245 e. The number of carbonyl (C=O) groups excluding carboxylic acids is 1. The number of piperidine rings is 1. The molecule has 48 heavy (non-hydrogen) atoms. The van der Waals surface area contributed by atoms with Gasteiger partial charge in [-0.1, -0.05) is 47.1 Å². The van der Waals surface area contributed by atoms with E-state index in [-0.39, 0.29) is 58.5 Å². The molecule has 10 nitrogen and oxygen atoms in total. The van der Waals surface area contributed by atoms with Gasteiger partial charge >= 0.3 is 0 Å². The number of halogens is 2. The van der Waals surface area contributed by atoms with Crippen molar-refractivity contribution in [3.8, 4) is 29.1 Å². The van der Waals surface area contributed by atoms with Crippen molar-refractivity contribution in [1.29, 1.82) is 10.5 Å². The average Bonchev–Trinajstić information content (AvgIpc) is 3.72. The lowest BCUT2D eigenvalue weighted by molar-refractivity contribution is -0.132. The number of nitriles is 2. The van der Waals surface area contributed by atoms with E-state index in [1.165, 1.54) is 6.92 Å². The van der Waals surface area contributed by atoms with E-state index in [4.69, 9.17) is 21.3 Å². The van der Waals surface area contributed by atoms with Crippen molar-refractivity contribution in [3.05, 3.63) is 58.9 Å². The maximum absolute atomic E-state index is 17.1. The first-order chi connectivity index (χ1) is 23.2.